The molecule has 0 unspecified atom stereocenters. The maximum absolute atomic E-state index is 10.7. The minimum Gasteiger partial charge on any atom is -0.481 e. The molecule has 2 rings (SSSR count). The lowest BCUT2D eigenvalue weighted by molar-refractivity contribution is -0.140. The van der Waals surface area contributed by atoms with Gasteiger partial charge in [-0.3, -0.25) is 4.79 Å². The molecular formula is C9H14O3. The van der Waals surface area contributed by atoms with E-state index in [1.807, 2.05) is 6.92 Å². The third-order valence-corrected chi connectivity index (χ3v) is 3.18. The number of aliphatic carboxylic acids is 1. The van der Waals surface area contributed by atoms with Crippen molar-refractivity contribution in [3.63, 3.8) is 0 Å². The fraction of sp³-hybridized carbons (Fsp3) is 0.889. The standard InChI is InChI=1S/C9H14O3/c1-6-4-9(2-3-12-6)5-7(9)8(10)11/h6-7H,2-5H2,1H3,(H,10,11)/t6-,7+,9+/m1/s1. The Morgan fingerprint density at radius 2 is 2.33 bits per heavy atom. The van der Waals surface area contributed by atoms with Crippen LogP contribution in [-0.4, -0.2) is 23.8 Å². The number of carboxylic acids is 1. The third kappa shape index (κ3) is 1.12. The normalized spacial score (nSPS) is 46.1. The van der Waals surface area contributed by atoms with Crippen LogP contribution in [0.25, 0.3) is 0 Å². The molecule has 1 heterocycles. The van der Waals surface area contributed by atoms with E-state index in [0.29, 0.717) is 0 Å². The second-order valence-electron chi connectivity index (χ2n) is 4.09. The number of rotatable bonds is 1. The molecule has 0 amide bonds. The van der Waals surface area contributed by atoms with E-state index < -0.39 is 5.97 Å². The van der Waals surface area contributed by atoms with Gasteiger partial charge in [-0.05, 0) is 31.6 Å². The summed E-state index contributed by atoms with van der Waals surface area (Å²) in [6.45, 7) is 2.77. The van der Waals surface area contributed by atoms with Crippen molar-refractivity contribution in [2.24, 2.45) is 11.3 Å². The molecule has 1 spiro atoms. The summed E-state index contributed by atoms with van der Waals surface area (Å²) < 4.78 is 5.39. The summed E-state index contributed by atoms with van der Waals surface area (Å²) in [6.07, 6.45) is 3.00. The minimum atomic E-state index is -0.621. The number of ether oxygens (including phenoxy) is 1. The zero-order chi connectivity index (χ0) is 8.77. The van der Waals surface area contributed by atoms with Gasteiger partial charge < -0.3 is 9.84 Å². The van der Waals surface area contributed by atoms with Crippen LogP contribution in [0.1, 0.15) is 26.2 Å². The zero-order valence-corrected chi connectivity index (χ0v) is 7.25. The fourth-order valence-electron chi connectivity index (χ4n) is 2.40. The van der Waals surface area contributed by atoms with Gasteiger partial charge in [0.25, 0.3) is 0 Å². The van der Waals surface area contributed by atoms with Crippen LogP contribution in [0.15, 0.2) is 0 Å². The van der Waals surface area contributed by atoms with Gasteiger partial charge in [0.05, 0.1) is 12.0 Å². The Balaban J connectivity index is 2.01. The average molecular weight is 170 g/mol. The van der Waals surface area contributed by atoms with E-state index in [4.69, 9.17) is 9.84 Å². The molecule has 1 N–H and O–H groups in total. The highest BCUT2D eigenvalue weighted by molar-refractivity contribution is 5.74. The summed E-state index contributed by atoms with van der Waals surface area (Å²) in [5.41, 5.74) is 0.115. The molecule has 68 valence electrons. The van der Waals surface area contributed by atoms with Crippen molar-refractivity contribution in [2.75, 3.05) is 6.61 Å². The Hall–Kier alpha value is -0.570. The molecule has 0 bridgehead atoms. The van der Waals surface area contributed by atoms with Crippen LogP contribution in [0.2, 0.25) is 0 Å². The quantitative estimate of drug-likeness (QED) is 0.644. The maximum Gasteiger partial charge on any atom is 0.307 e. The van der Waals surface area contributed by atoms with Crippen LogP contribution in [0.4, 0.5) is 0 Å². The van der Waals surface area contributed by atoms with Crippen LogP contribution in [-0.2, 0) is 9.53 Å². The van der Waals surface area contributed by atoms with E-state index in [9.17, 15) is 4.79 Å². The Kier molecular flexibility index (Phi) is 1.65. The van der Waals surface area contributed by atoms with Crippen molar-refractivity contribution in [1.82, 2.24) is 0 Å². The van der Waals surface area contributed by atoms with E-state index >= 15 is 0 Å². The lowest BCUT2D eigenvalue weighted by Crippen LogP contribution is -2.26. The van der Waals surface area contributed by atoms with E-state index in [-0.39, 0.29) is 17.4 Å². The lowest BCUT2D eigenvalue weighted by Gasteiger charge is -2.27. The second-order valence-corrected chi connectivity index (χ2v) is 4.09. The average Bonchev–Trinajstić information content (AvgIpc) is 2.63. The van der Waals surface area contributed by atoms with Gasteiger partial charge in [0.15, 0.2) is 0 Å². The second kappa shape index (κ2) is 2.46. The van der Waals surface area contributed by atoms with Gasteiger partial charge in [-0.2, -0.15) is 0 Å². The van der Waals surface area contributed by atoms with Crippen LogP contribution >= 0.6 is 0 Å². The summed E-state index contributed by atoms with van der Waals surface area (Å²) in [5, 5.41) is 8.82. The Morgan fingerprint density at radius 3 is 2.83 bits per heavy atom. The highest BCUT2D eigenvalue weighted by Crippen LogP contribution is 2.60. The first-order valence-corrected chi connectivity index (χ1v) is 4.48. The highest BCUT2D eigenvalue weighted by atomic mass is 16.5. The monoisotopic (exact) mass is 170 g/mol. The summed E-state index contributed by atoms with van der Waals surface area (Å²) in [7, 11) is 0. The largest absolute Gasteiger partial charge is 0.481 e. The maximum atomic E-state index is 10.7. The predicted molar refractivity (Wildman–Crippen MR) is 42.8 cm³/mol. The molecule has 0 aromatic rings. The fourth-order valence-corrected chi connectivity index (χ4v) is 2.40. The molecule has 0 aromatic heterocycles. The summed E-state index contributed by atoms with van der Waals surface area (Å²) >= 11 is 0. The number of carboxylic acid groups (broad SMARTS) is 1. The molecular weight excluding hydrogens is 156 g/mol. The van der Waals surface area contributed by atoms with E-state index in [1.54, 1.807) is 0 Å². The molecule has 3 heteroatoms. The molecule has 12 heavy (non-hydrogen) atoms. The first-order chi connectivity index (χ1) is 5.64. The predicted octanol–water partition coefficient (Wildman–Crippen LogP) is 1.28. The molecule has 2 fully saturated rings. The van der Waals surface area contributed by atoms with Gasteiger partial charge in [0.1, 0.15) is 0 Å². The van der Waals surface area contributed by atoms with Gasteiger partial charge in [0.2, 0.25) is 0 Å². The Morgan fingerprint density at radius 1 is 1.58 bits per heavy atom. The van der Waals surface area contributed by atoms with Crippen LogP contribution in [0.5, 0.6) is 0 Å². The molecule has 1 saturated heterocycles. The number of hydrogen-bond acceptors (Lipinski definition) is 2. The summed E-state index contributed by atoms with van der Waals surface area (Å²) in [5.74, 6) is -0.701. The van der Waals surface area contributed by atoms with Crippen molar-refractivity contribution in [3.8, 4) is 0 Å². The Labute approximate surface area is 71.7 Å². The number of hydrogen-bond donors (Lipinski definition) is 1. The zero-order valence-electron chi connectivity index (χ0n) is 7.25. The topological polar surface area (TPSA) is 46.5 Å². The number of carbonyl (C=O) groups is 1. The van der Waals surface area contributed by atoms with Crippen LogP contribution in [0.3, 0.4) is 0 Å². The van der Waals surface area contributed by atoms with Gasteiger partial charge in [-0.1, -0.05) is 0 Å². The van der Waals surface area contributed by atoms with Crippen molar-refractivity contribution in [1.29, 1.82) is 0 Å². The molecule has 1 saturated carbocycles. The Bertz CT molecular complexity index is 214. The SMILES string of the molecule is C[C@@H]1C[C@@]2(CCO1)C[C@H]2C(=O)O. The lowest BCUT2D eigenvalue weighted by atomic mass is 9.90. The molecule has 0 radical (unpaired) electrons. The van der Waals surface area contributed by atoms with E-state index in [1.165, 1.54) is 0 Å². The van der Waals surface area contributed by atoms with Crippen LogP contribution in [0, 0.1) is 11.3 Å². The van der Waals surface area contributed by atoms with Crippen LogP contribution < -0.4 is 0 Å². The highest BCUT2D eigenvalue weighted by Gasteiger charge is 2.59. The smallest absolute Gasteiger partial charge is 0.307 e. The van der Waals surface area contributed by atoms with Gasteiger partial charge in [0, 0.05) is 6.61 Å². The molecule has 1 aliphatic carbocycles. The molecule has 2 aliphatic rings. The van der Waals surface area contributed by atoms with Gasteiger partial charge in [-0.25, -0.2) is 0 Å². The van der Waals surface area contributed by atoms with Crippen molar-refractivity contribution >= 4 is 5.97 Å². The van der Waals surface area contributed by atoms with E-state index in [0.717, 1.165) is 25.9 Å². The van der Waals surface area contributed by atoms with Crippen molar-refractivity contribution in [3.05, 3.63) is 0 Å². The van der Waals surface area contributed by atoms with Crippen molar-refractivity contribution in [2.45, 2.75) is 32.3 Å². The third-order valence-electron chi connectivity index (χ3n) is 3.18. The first kappa shape index (κ1) is 8.05. The first-order valence-electron chi connectivity index (χ1n) is 4.48. The minimum absolute atomic E-state index is 0.0798. The molecule has 0 aromatic carbocycles. The summed E-state index contributed by atoms with van der Waals surface area (Å²) in [6, 6.07) is 0. The molecule has 3 atom stereocenters. The van der Waals surface area contributed by atoms with E-state index in [2.05, 4.69) is 0 Å². The van der Waals surface area contributed by atoms with Crippen molar-refractivity contribution < 1.29 is 14.6 Å². The molecule has 1 aliphatic heterocycles. The molecule has 3 nitrogen and oxygen atoms in total. The van der Waals surface area contributed by atoms with Gasteiger partial charge >= 0.3 is 5.97 Å². The summed E-state index contributed by atoms with van der Waals surface area (Å²) in [4.78, 5) is 10.7. The van der Waals surface area contributed by atoms with Gasteiger partial charge in [-0.15, -0.1) is 0 Å².